The summed E-state index contributed by atoms with van der Waals surface area (Å²) in [6.07, 6.45) is 1.57. The number of rotatable bonds is 3. The Morgan fingerprint density at radius 1 is 1.35 bits per heavy atom. The molecule has 0 aliphatic rings. The Labute approximate surface area is 112 Å². The summed E-state index contributed by atoms with van der Waals surface area (Å²) >= 11 is 9.39. The molecule has 2 nitrogen and oxygen atoms in total. The number of halogens is 3. The van der Waals surface area contributed by atoms with Gasteiger partial charge in [0.2, 0.25) is 0 Å². The van der Waals surface area contributed by atoms with Gasteiger partial charge in [-0.05, 0) is 52.8 Å². The van der Waals surface area contributed by atoms with Crippen molar-refractivity contribution in [1.29, 1.82) is 0 Å². The third kappa shape index (κ3) is 2.54. The number of furan rings is 1. The molecule has 0 saturated heterocycles. The fourth-order valence-corrected chi connectivity index (χ4v) is 2.42. The van der Waals surface area contributed by atoms with Crippen molar-refractivity contribution in [3.8, 4) is 0 Å². The minimum absolute atomic E-state index is 0.216. The van der Waals surface area contributed by atoms with Gasteiger partial charge >= 0.3 is 0 Å². The van der Waals surface area contributed by atoms with E-state index >= 15 is 0 Å². The third-order valence-electron chi connectivity index (χ3n) is 2.51. The van der Waals surface area contributed by atoms with Crippen LogP contribution in [0.1, 0.15) is 17.2 Å². The van der Waals surface area contributed by atoms with Crippen molar-refractivity contribution in [1.82, 2.24) is 5.32 Å². The van der Waals surface area contributed by atoms with Crippen LogP contribution in [0.2, 0.25) is 5.02 Å². The molecule has 17 heavy (non-hydrogen) atoms. The fourth-order valence-electron chi connectivity index (χ4n) is 1.72. The Balaban J connectivity index is 2.49. The van der Waals surface area contributed by atoms with Gasteiger partial charge in [0.1, 0.15) is 5.82 Å². The van der Waals surface area contributed by atoms with Crippen LogP contribution in [0.25, 0.3) is 0 Å². The summed E-state index contributed by atoms with van der Waals surface area (Å²) in [6, 6.07) is 5.90. The summed E-state index contributed by atoms with van der Waals surface area (Å²) in [5.74, 6) is -0.315. The molecule has 1 atom stereocenters. The van der Waals surface area contributed by atoms with E-state index < -0.39 is 0 Å². The summed E-state index contributed by atoms with van der Waals surface area (Å²) in [5.41, 5.74) is 1.55. The first-order chi connectivity index (χ1) is 8.13. The molecule has 0 aliphatic carbocycles. The maximum absolute atomic E-state index is 13.3. The van der Waals surface area contributed by atoms with E-state index in [-0.39, 0.29) is 11.9 Å². The lowest BCUT2D eigenvalue weighted by atomic mass is 10.0. The molecule has 1 heterocycles. The van der Waals surface area contributed by atoms with Gasteiger partial charge in [-0.1, -0.05) is 11.6 Å². The number of nitrogens with one attached hydrogen (secondary N) is 1. The average Bonchev–Trinajstić information content (AvgIpc) is 2.71. The second kappa shape index (κ2) is 5.21. The molecule has 0 aliphatic heterocycles. The largest absolute Gasteiger partial charge is 0.457 e. The molecule has 1 aromatic heterocycles. The molecule has 0 fully saturated rings. The minimum atomic E-state index is -0.315. The van der Waals surface area contributed by atoms with E-state index in [1.54, 1.807) is 19.4 Å². The standard InChI is InChI=1S/C12H10BrClFNO/c1-16-11(8-4-5-17-12(8)13)9-6-7(15)2-3-10(9)14/h2-6,11,16H,1H3. The van der Waals surface area contributed by atoms with Gasteiger partial charge < -0.3 is 9.73 Å². The third-order valence-corrected chi connectivity index (χ3v) is 3.50. The molecule has 0 spiro atoms. The van der Waals surface area contributed by atoms with Crippen LogP contribution in [0.3, 0.4) is 0 Å². The lowest BCUT2D eigenvalue weighted by molar-refractivity contribution is 0.529. The van der Waals surface area contributed by atoms with Crippen molar-refractivity contribution >= 4 is 27.5 Å². The van der Waals surface area contributed by atoms with E-state index in [1.807, 2.05) is 6.07 Å². The van der Waals surface area contributed by atoms with E-state index in [9.17, 15) is 4.39 Å². The van der Waals surface area contributed by atoms with Gasteiger partial charge in [0.05, 0.1) is 12.3 Å². The Bertz CT molecular complexity index is 529. The van der Waals surface area contributed by atoms with Gasteiger partial charge in [-0.3, -0.25) is 0 Å². The molecular weight excluding hydrogens is 308 g/mol. The van der Waals surface area contributed by atoms with Crippen LogP contribution < -0.4 is 5.32 Å². The van der Waals surface area contributed by atoms with Gasteiger partial charge in [-0.25, -0.2) is 4.39 Å². The Morgan fingerprint density at radius 3 is 2.71 bits per heavy atom. The van der Waals surface area contributed by atoms with Crippen LogP contribution >= 0.6 is 27.5 Å². The zero-order valence-electron chi connectivity index (χ0n) is 9.01. The maximum Gasteiger partial charge on any atom is 0.174 e. The minimum Gasteiger partial charge on any atom is -0.457 e. The van der Waals surface area contributed by atoms with Crippen molar-refractivity contribution in [2.75, 3.05) is 7.05 Å². The maximum atomic E-state index is 13.3. The van der Waals surface area contributed by atoms with Gasteiger partial charge in [0.15, 0.2) is 4.67 Å². The zero-order valence-corrected chi connectivity index (χ0v) is 11.3. The van der Waals surface area contributed by atoms with Gasteiger partial charge in [0.25, 0.3) is 0 Å². The first-order valence-electron chi connectivity index (χ1n) is 4.98. The van der Waals surface area contributed by atoms with Crippen LogP contribution in [0.5, 0.6) is 0 Å². The van der Waals surface area contributed by atoms with E-state index in [1.165, 1.54) is 12.1 Å². The highest BCUT2D eigenvalue weighted by Gasteiger charge is 2.20. The Morgan fingerprint density at radius 2 is 2.12 bits per heavy atom. The van der Waals surface area contributed by atoms with E-state index in [4.69, 9.17) is 16.0 Å². The predicted molar refractivity (Wildman–Crippen MR) is 68.7 cm³/mol. The van der Waals surface area contributed by atoms with Crippen LogP contribution in [0.4, 0.5) is 4.39 Å². The number of hydrogen-bond donors (Lipinski definition) is 1. The molecular formula is C12H10BrClFNO. The molecule has 2 rings (SSSR count). The smallest absolute Gasteiger partial charge is 0.174 e. The van der Waals surface area contributed by atoms with Crippen molar-refractivity contribution in [3.05, 3.63) is 57.2 Å². The summed E-state index contributed by atoms with van der Waals surface area (Å²) in [5, 5.41) is 3.60. The molecule has 2 aromatic rings. The van der Waals surface area contributed by atoms with Gasteiger partial charge in [-0.15, -0.1) is 0 Å². The molecule has 0 amide bonds. The molecule has 1 N–H and O–H groups in total. The fraction of sp³-hybridized carbons (Fsp3) is 0.167. The van der Waals surface area contributed by atoms with Crippen LogP contribution in [-0.4, -0.2) is 7.05 Å². The van der Waals surface area contributed by atoms with Crippen LogP contribution in [-0.2, 0) is 0 Å². The molecule has 5 heteroatoms. The second-order valence-electron chi connectivity index (χ2n) is 3.54. The highest BCUT2D eigenvalue weighted by atomic mass is 79.9. The Hall–Kier alpha value is -0.840. The van der Waals surface area contributed by atoms with Crippen molar-refractivity contribution in [2.45, 2.75) is 6.04 Å². The second-order valence-corrected chi connectivity index (χ2v) is 4.66. The molecule has 90 valence electrons. The quantitative estimate of drug-likeness (QED) is 0.920. The number of hydrogen-bond acceptors (Lipinski definition) is 2. The molecule has 1 unspecified atom stereocenters. The molecule has 1 aromatic carbocycles. The van der Waals surface area contributed by atoms with Gasteiger partial charge in [0, 0.05) is 10.6 Å². The summed E-state index contributed by atoms with van der Waals surface area (Å²) in [6.45, 7) is 0. The molecule has 0 saturated carbocycles. The highest BCUT2D eigenvalue weighted by Crippen LogP contribution is 2.33. The molecule has 0 radical (unpaired) electrons. The summed E-state index contributed by atoms with van der Waals surface area (Å²) < 4.78 is 19.1. The predicted octanol–water partition coefficient (Wildman–Crippen LogP) is 4.14. The highest BCUT2D eigenvalue weighted by molar-refractivity contribution is 9.10. The van der Waals surface area contributed by atoms with E-state index in [0.717, 1.165) is 5.56 Å². The zero-order chi connectivity index (χ0) is 12.4. The van der Waals surface area contributed by atoms with E-state index in [0.29, 0.717) is 15.3 Å². The lowest BCUT2D eigenvalue weighted by Gasteiger charge is -2.17. The summed E-state index contributed by atoms with van der Waals surface area (Å²) in [4.78, 5) is 0. The van der Waals surface area contributed by atoms with E-state index in [2.05, 4.69) is 21.2 Å². The normalized spacial score (nSPS) is 12.7. The number of benzene rings is 1. The molecule has 0 bridgehead atoms. The van der Waals surface area contributed by atoms with Crippen LogP contribution in [0, 0.1) is 5.82 Å². The first kappa shape index (κ1) is 12.6. The topological polar surface area (TPSA) is 25.2 Å². The monoisotopic (exact) mass is 317 g/mol. The lowest BCUT2D eigenvalue weighted by Crippen LogP contribution is -2.18. The first-order valence-corrected chi connectivity index (χ1v) is 6.15. The van der Waals surface area contributed by atoms with Crippen LogP contribution in [0.15, 0.2) is 39.6 Å². The van der Waals surface area contributed by atoms with Crippen molar-refractivity contribution in [3.63, 3.8) is 0 Å². The SMILES string of the molecule is CNC(c1cc(F)ccc1Cl)c1ccoc1Br. The van der Waals surface area contributed by atoms with Crippen molar-refractivity contribution in [2.24, 2.45) is 0 Å². The van der Waals surface area contributed by atoms with Gasteiger partial charge in [-0.2, -0.15) is 0 Å². The Kier molecular flexibility index (Phi) is 3.86. The summed E-state index contributed by atoms with van der Waals surface area (Å²) in [7, 11) is 1.78. The average molecular weight is 319 g/mol. The van der Waals surface area contributed by atoms with Crippen molar-refractivity contribution < 1.29 is 8.81 Å².